The van der Waals surface area contributed by atoms with Crippen LogP contribution < -0.4 is 0 Å². The molecule has 0 saturated carbocycles. The number of rotatable bonds is 4. The molecule has 0 aliphatic heterocycles. The lowest BCUT2D eigenvalue weighted by Gasteiger charge is -2.15. The van der Waals surface area contributed by atoms with Gasteiger partial charge < -0.3 is 4.90 Å². The Bertz CT molecular complexity index is 631. The van der Waals surface area contributed by atoms with Gasteiger partial charge in [-0.3, -0.25) is 14.2 Å². The molecule has 0 saturated heterocycles. The first-order valence-corrected chi connectivity index (χ1v) is 7.19. The fourth-order valence-corrected chi connectivity index (χ4v) is 2.50. The molecular weight excluding hydrogens is 322 g/mol. The van der Waals surface area contributed by atoms with Gasteiger partial charge in [0.25, 0.3) is 5.91 Å². The zero-order chi connectivity index (χ0) is 14.9. The fraction of sp³-hybridized carbons (Fsp3) is 0.462. The van der Waals surface area contributed by atoms with Crippen LogP contribution in [0.3, 0.4) is 0 Å². The van der Waals surface area contributed by atoms with E-state index in [1.807, 2.05) is 33.3 Å². The third-order valence-electron chi connectivity index (χ3n) is 3.11. The third kappa shape index (κ3) is 2.92. The third-order valence-corrected chi connectivity index (χ3v) is 3.69. The van der Waals surface area contributed by atoms with Gasteiger partial charge in [0, 0.05) is 45.1 Å². The smallest absolute Gasteiger partial charge is 0.275 e. The molecule has 0 unspecified atom stereocenters. The largest absolute Gasteiger partial charge is 0.336 e. The molecule has 20 heavy (non-hydrogen) atoms. The van der Waals surface area contributed by atoms with Crippen LogP contribution in [-0.4, -0.2) is 37.4 Å². The van der Waals surface area contributed by atoms with Crippen LogP contribution in [0.1, 0.15) is 28.7 Å². The summed E-state index contributed by atoms with van der Waals surface area (Å²) in [6.07, 6.45) is 3.75. The molecule has 0 fully saturated rings. The molecule has 2 aromatic heterocycles. The summed E-state index contributed by atoms with van der Waals surface area (Å²) in [5, 5.41) is 8.56. The lowest BCUT2D eigenvalue weighted by molar-refractivity contribution is 0.0777. The highest BCUT2D eigenvalue weighted by molar-refractivity contribution is 9.10. The van der Waals surface area contributed by atoms with E-state index in [-0.39, 0.29) is 5.91 Å². The highest BCUT2D eigenvalue weighted by Crippen LogP contribution is 2.18. The molecule has 2 rings (SSSR count). The van der Waals surface area contributed by atoms with E-state index in [1.54, 1.807) is 21.3 Å². The lowest BCUT2D eigenvalue weighted by Crippen LogP contribution is -2.27. The van der Waals surface area contributed by atoms with Crippen molar-refractivity contribution in [2.24, 2.45) is 7.05 Å². The Balaban J connectivity index is 2.16. The molecule has 0 aliphatic rings. The zero-order valence-corrected chi connectivity index (χ0v) is 13.7. The Hall–Kier alpha value is -1.63. The molecule has 2 heterocycles. The molecule has 0 aliphatic carbocycles. The average Bonchev–Trinajstić information content (AvgIpc) is 2.91. The summed E-state index contributed by atoms with van der Waals surface area (Å²) in [5.74, 6) is -0.104. The summed E-state index contributed by atoms with van der Waals surface area (Å²) in [5.41, 5.74) is 2.41. The molecular formula is C13H18BrN5O. The molecule has 0 radical (unpaired) electrons. The summed E-state index contributed by atoms with van der Waals surface area (Å²) < 4.78 is 4.21. The van der Waals surface area contributed by atoms with Crippen molar-refractivity contribution >= 4 is 21.8 Å². The molecule has 0 aromatic carbocycles. The Morgan fingerprint density at radius 2 is 2.10 bits per heavy atom. The Morgan fingerprint density at radius 1 is 1.40 bits per heavy atom. The molecule has 2 aromatic rings. The van der Waals surface area contributed by atoms with E-state index in [0.29, 0.717) is 12.2 Å². The van der Waals surface area contributed by atoms with Crippen LogP contribution in [0.5, 0.6) is 0 Å². The predicted molar refractivity (Wildman–Crippen MR) is 79.3 cm³/mol. The minimum absolute atomic E-state index is 0.104. The van der Waals surface area contributed by atoms with Gasteiger partial charge in [-0.05, 0) is 29.8 Å². The molecule has 0 spiro atoms. The second-order valence-corrected chi connectivity index (χ2v) is 5.61. The fourth-order valence-electron chi connectivity index (χ4n) is 2.02. The van der Waals surface area contributed by atoms with E-state index in [4.69, 9.17) is 0 Å². The van der Waals surface area contributed by atoms with Crippen molar-refractivity contribution in [3.05, 3.63) is 33.8 Å². The Morgan fingerprint density at radius 3 is 2.60 bits per heavy atom. The van der Waals surface area contributed by atoms with Gasteiger partial charge in [-0.25, -0.2) is 0 Å². The van der Waals surface area contributed by atoms with Gasteiger partial charge >= 0.3 is 0 Å². The first-order valence-electron chi connectivity index (χ1n) is 6.40. The molecule has 0 N–H and O–H groups in total. The Labute approximate surface area is 126 Å². The molecule has 6 nitrogen and oxygen atoms in total. The van der Waals surface area contributed by atoms with Crippen molar-refractivity contribution in [1.82, 2.24) is 24.5 Å². The zero-order valence-electron chi connectivity index (χ0n) is 12.1. The highest BCUT2D eigenvalue weighted by Gasteiger charge is 2.20. The number of nitrogens with zero attached hydrogens (tertiary/aromatic N) is 5. The van der Waals surface area contributed by atoms with Crippen molar-refractivity contribution in [3.8, 4) is 0 Å². The van der Waals surface area contributed by atoms with Gasteiger partial charge in [0.15, 0.2) is 5.69 Å². The van der Waals surface area contributed by atoms with E-state index < -0.39 is 0 Å². The minimum atomic E-state index is -0.104. The van der Waals surface area contributed by atoms with Gasteiger partial charge in [0.2, 0.25) is 0 Å². The molecule has 1 amide bonds. The number of carbonyl (C=O) groups excluding carboxylic acids is 1. The van der Waals surface area contributed by atoms with Crippen molar-refractivity contribution in [3.63, 3.8) is 0 Å². The molecule has 0 atom stereocenters. The second kappa shape index (κ2) is 5.78. The van der Waals surface area contributed by atoms with Crippen LogP contribution in [0.2, 0.25) is 0 Å². The van der Waals surface area contributed by atoms with Crippen LogP contribution in [-0.2, 0) is 20.1 Å². The van der Waals surface area contributed by atoms with Crippen LogP contribution >= 0.6 is 15.9 Å². The van der Waals surface area contributed by atoms with Crippen LogP contribution in [0.25, 0.3) is 0 Å². The summed E-state index contributed by atoms with van der Waals surface area (Å²) in [6.45, 7) is 5.17. The standard InChI is InChI=1S/C13H18BrN5O/c1-5-19-8-11(14)12(16-19)13(20)17(3)6-10-7-18(4)15-9(10)2/h7-8H,5-6H2,1-4H3. The molecule has 108 valence electrons. The van der Waals surface area contributed by atoms with E-state index in [2.05, 4.69) is 26.1 Å². The van der Waals surface area contributed by atoms with E-state index in [1.165, 1.54) is 0 Å². The maximum absolute atomic E-state index is 12.4. The topological polar surface area (TPSA) is 56.0 Å². The summed E-state index contributed by atoms with van der Waals surface area (Å²) in [7, 11) is 3.64. The number of hydrogen-bond donors (Lipinski definition) is 0. The molecule has 7 heteroatoms. The maximum atomic E-state index is 12.4. The van der Waals surface area contributed by atoms with E-state index in [0.717, 1.165) is 22.3 Å². The number of amides is 1. The van der Waals surface area contributed by atoms with Gasteiger partial charge in [-0.2, -0.15) is 10.2 Å². The highest BCUT2D eigenvalue weighted by atomic mass is 79.9. The van der Waals surface area contributed by atoms with Gasteiger partial charge in [-0.15, -0.1) is 0 Å². The van der Waals surface area contributed by atoms with E-state index >= 15 is 0 Å². The van der Waals surface area contributed by atoms with E-state index in [9.17, 15) is 4.79 Å². The maximum Gasteiger partial charge on any atom is 0.275 e. The van der Waals surface area contributed by atoms with Gasteiger partial charge in [-0.1, -0.05) is 0 Å². The normalized spacial score (nSPS) is 10.8. The summed E-state index contributed by atoms with van der Waals surface area (Å²) in [4.78, 5) is 14.1. The van der Waals surface area contributed by atoms with Crippen LogP contribution in [0.15, 0.2) is 16.9 Å². The second-order valence-electron chi connectivity index (χ2n) is 4.76. The number of halogens is 1. The Kier molecular flexibility index (Phi) is 4.27. The average molecular weight is 340 g/mol. The number of carbonyl (C=O) groups is 1. The van der Waals surface area contributed by atoms with Gasteiger partial charge in [0.1, 0.15) is 0 Å². The van der Waals surface area contributed by atoms with Gasteiger partial charge in [0.05, 0.1) is 10.2 Å². The lowest BCUT2D eigenvalue weighted by atomic mass is 10.2. The van der Waals surface area contributed by atoms with Crippen molar-refractivity contribution < 1.29 is 4.79 Å². The summed E-state index contributed by atoms with van der Waals surface area (Å²) >= 11 is 3.38. The molecule has 0 bridgehead atoms. The van der Waals surface area contributed by atoms with Crippen molar-refractivity contribution in [2.45, 2.75) is 26.9 Å². The van der Waals surface area contributed by atoms with Crippen molar-refractivity contribution in [2.75, 3.05) is 7.05 Å². The number of hydrogen-bond acceptors (Lipinski definition) is 3. The summed E-state index contributed by atoms with van der Waals surface area (Å²) in [6, 6.07) is 0. The number of aryl methyl sites for hydroxylation is 3. The minimum Gasteiger partial charge on any atom is -0.336 e. The SMILES string of the molecule is CCn1cc(Br)c(C(=O)N(C)Cc2cn(C)nc2C)n1. The quantitative estimate of drug-likeness (QED) is 0.855. The monoisotopic (exact) mass is 339 g/mol. The first-order chi connectivity index (χ1) is 9.42. The number of aromatic nitrogens is 4. The predicted octanol–water partition coefficient (Wildman–Crippen LogP) is 1.98. The van der Waals surface area contributed by atoms with Crippen molar-refractivity contribution in [1.29, 1.82) is 0 Å². The van der Waals surface area contributed by atoms with Crippen LogP contribution in [0, 0.1) is 6.92 Å². The van der Waals surface area contributed by atoms with Crippen LogP contribution in [0.4, 0.5) is 0 Å². The first kappa shape index (κ1) is 14.8.